The summed E-state index contributed by atoms with van der Waals surface area (Å²) in [6.45, 7) is -0.717. The molecule has 0 unspecified atom stereocenters. The van der Waals surface area contributed by atoms with E-state index in [1.807, 2.05) is 0 Å². The molecule has 2 aromatic rings. The normalized spacial score (nSPS) is 10.8. The summed E-state index contributed by atoms with van der Waals surface area (Å²) < 4.78 is 44.9. The van der Waals surface area contributed by atoms with Crippen molar-refractivity contribution < 1.29 is 37.2 Å². The molecule has 0 spiro atoms. The van der Waals surface area contributed by atoms with Crippen molar-refractivity contribution in [2.24, 2.45) is 0 Å². The van der Waals surface area contributed by atoms with Crippen molar-refractivity contribution in [3.05, 3.63) is 58.1 Å². The van der Waals surface area contributed by atoms with Crippen LogP contribution >= 0.6 is 0 Å². The number of amides is 1. The van der Waals surface area contributed by atoms with E-state index >= 15 is 0 Å². The fraction of sp³-hybridized carbons (Fsp3) is 0.176. The molecule has 0 heterocycles. The maximum Gasteiger partial charge on any atom is 0.573 e. The van der Waals surface area contributed by atoms with Crippen molar-refractivity contribution >= 4 is 28.9 Å². The van der Waals surface area contributed by atoms with Gasteiger partial charge >= 0.3 is 12.3 Å². The molecule has 1 amide bonds. The number of carbonyl (C=O) groups is 2. The molecule has 0 radical (unpaired) electrons. The number of non-ortho nitro benzene ring substituents is 1. The van der Waals surface area contributed by atoms with Gasteiger partial charge in [-0.25, -0.2) is 4.79 Å². The summed E-state index contributed by atoms with van der Waals surface area (Å²) in [7, 11) is 1.50. The molecule has 0 saturated heterocycles. The quantitative estimate of drug-likeness (QED) is 0.406. The van der Waals surface area contributed by atoms with E-state index < -0.39 is 35.5 Å². The minimum atomic E-state index is -4.84. The minimum Gasteiger partial charge on any atom is -0.452 e. The van der Waals surface area contributed by atoms with Crippen molar-refractivity contribution in [3.8, 4) is 5.75 Å². The number of nitro benzene ring substituents is 1. The summed E-state index contributed by atoms with van der Waals surface area (Å²) in [6.07, 6.45) is -4.84. The zero-order valence-corrected chi connectivity index (χ0v) is 14.8. The van der Waals surface area contributed by atoms with Crippen LogP contribution in [0.15, 0.2) is 42.5 Å². The lowest BCUT2D eigenvalue weighted by Crippen LogP contribution is -2.21. The van der Waals surface area contributed by atoms with Gasteiger partial charge in [-0.15, -0.1) is 13.2 Å². The Bertz CT molecular complexity index is 916. The predicted octanol–water partition coefficient (Wildman–Crippen LogP) is 3.33. The van der Waals surface area contributed by atoms with Crippen LogP contribution in [0.3, 0.4) is 0 Å². The highest BCUT2D eigenvalue weighted by Crippen LogP contribution is 2.24. The number of hydrogen-bond donors (Lipinski definition) is 2. The van der Waals surface area contributed by atoms with E-state index in [2.05, 4.69) is 15.4 Å². The number of ether oxygens (including phenoxy) is 2. The van der Waals surface area contributed by atoms with Gasteiger partial charge in [0.05, 0.1) is 10.5 Å². The number of halogens is 3. The molecule has 0 aliphatic heterocycles. The van der Waals surface area contributed by atoms with Crippen molar-refractivity contribution in [1.29, 1.82) is 0 Å². The molecule has 12 heteroatoms. The molecular weight excluding hydrogens is 399 g/mol. The summed E-state index contributed by atoms with van der Waals surface area (Å²) in [5, 5.41) is 15.8. The SMILES string of the molecule is CNc1ccc([N+](=O)[O-])cc1C(=O)OCC(=O)Nc1ccc(OC(F)(F)F)cc1. The van der Waals surface area contributed by atoms with Crippen molar-refractivity contribution in [3.63, 3.8) is 0 Å². The average Bonchev–Trinajstić information content (AvgIpc) is 2.66. The standard InChI is InChI=1S/C17H14F3N3O6/c1-21-14-7-4-11(23(26)27)8-13(14)16(25)28-9-15(24)22-10-2-5-12(6-3-10)29-17(18,19)20/h2-8,21H,9H2,1H3,(H,22,24). The van der Waals surface area contributed by atoms with Crippen molar-refractivity contribution in [2.45, 2.75) is 6.36 Å². The molecular formula is C17H14F3N3O6. The van der Waals surface area contributed by atoms with E-state index in [4.69, 9.17) is 4.74 Å². The van der Waals surface area contributed by atoms with Crippen LogP contribution in [0.1, 0.15) is 10.4 Å². The number of benzene rings is 2. The maximum atomic E-state index is 12.1. The van der Waals surface area contributed by atoms with Gasteiger partial charge in [0, 0.05) is 30.6 Å². The van der Waals surface area contributed by atoms with Crippen LogP contribution in [0.5, 0.6) is 5.75 Å². The van der Waals surface area contributed by atoms with E-state index in [-0.39, 0.29) is 22.6 Å². The highest BCUT2D eigenvalue weighted by atomic mass is 19.4. The van der Waals surface area contributed by atoms with Gasteiger partial charge in [0.2, 0.25) is 0 Å². The van der Waals surface area contributed by atoms with Gasteiger partial charge in [-0.3, -0.25) is 14.9 Å². The first-order valence-corrected chi connectivity index (χ1v) is 7.88. The topological polar surface area (TPSA) is 120 Å². The molecule has 9 nitrogen and oxygen atoms in total. The number of nitrogens with one attached hydrogen (secondary N) is 2. The van der Waals surface area contributed by atoms with Crippen LogP contribution in [-0.4, -0.2) is 36.8 Å². The average molecular weight is 413 g/mol. The molecule has 0 atom stereocenters. The zero-order valence-electron chi connectivity index (χ0n) is 14.8. The smallest absolute Gasteiger partial charge is 0.452 e. The Hall–Kier alpha value is -3.83. The number of carbonyl (C=O) groups excluding carboxylic acids is 2. The Morgan fingerprint density at radius 3 is 2.34 bits per heavy atom. The summed E-state index contributed by atoms with van der Waals surface area (Å²) in [5.74, 6) is -2.20. The Morgan fingerprint density at radius 1 is 1.14 bits per heavy atom. The van der Waals surface area contributed by atoms with Crippen LogP contribution in [0.4, 0.5) is 30.2 Å². The molecule has 2 N–H and O–H groups in total. The number of alkyl halides is 3. The first-order valence-electron chi connectivity index (χ1n) is 7.88. The highest BCUT2D eigenvalue weighted by molar-refractivity contribution is 5.99. The molecule has 154 valence electrons. The van der Waals surface area contributed by atoms with Crippen LogP contribution in [0.25, 0.3) is 0 Å². The number of esters is 1. The second-order valence-electron chi connectivity index (χ2n) is 5.43. The molecule has 0 aliphatic rings. The maximum absolute atomic E-state index is 12.1. The lowest BCUT2D eigenvalue weighted by Gasteiger charge is -2.11. The van der Waals surface area contributed by atoms with Crippen LogP contribution in [0, 0.1) is 10.1 Å². The van der Waals surface area contributed by atoms with Crippen LogP contribution in [0.2, 0.25) is 0 Å². The summed E-state index contributed by atoms with van der Waals surface area (Å²) in [4.78, 5) is 34.2. The van der Waals surface area contributed by atoms with Gasteiger partial charge in [0.15, 0.2) is 6.61 Å². The fourth-order valence-corrected chi connectivity index (χ4v) is 2.18. The first-order chi connectivity index (χ1) is 13.6. The Morgan fingerprint density at radius 2 is 1.79 bits per heavy atom. The largest absolute Gasteiger partial charge is 0.573 e. The Balaban J connectivity index is 1.96. The Labute approximate surface area is 161 Å². The van der Waals surface area contributed by atoms with Gasteiger partial charge < -0.3 is 20.1 Å². The second kappa shape index (κ2) is 8.91. The molecule has 2 aromatic carbocycles. The highest BCUT2D eigenvalue weighted by Gasteiger charge is 2.31. The van der Waals surface area contributed by atoms with E-state index in [9.17, 15) is 32.9 Å². The molecule has 29 heavy (non-hydrogen) atoms. The fourth-order valence-electron chi connectivity index (χ4n) is 2.18. The lowest BCUT2D eigenvalue weighted by atomic mass is 10.1. The lowest BCUT2D eigenvalue weighted by molar-refractivity contribution is -0.384. The van der Waals surface area contributed by atoms with Crippen LogP contribution in [-0.2, 0) is 9.53 Å². The van der Waals surface area contributed by atoms with E-state index in [1.165, 1.54) is 31.3 Å². The van der Waals surface area contributed by atoms with E-state index in [0.717, 1.165) is 18.2 Å². The van der Waals surface area contributed by atoms with Crippen molar-refractivity contribution in [2.75, 3.05) is 24.3 Å². The third-order valence-electron chi connectivity index (χ3n) is 3.41. The predicted molar refractivity (Wildman–Crippen MR) is 94.7 cm³/mol. The molecule has 0 aliphatic carbocycles. The van der Waals surface area contributed by atoms with Gasteiger partial charge in [-0.1, -0.05) is 0 Å². The molecule has 2 rings (SSSR count). The number of nitrogens with zero attached hydrogens (tertiary/aromatic N) is 1. The van der Waals surface area contributed by atoms with Gasteiger partial charge in [0.1, 0.15) is 5.75 Å². The first kappa shape index (κ1) is 21.5. The summed E-state index contributed by atoms with van der Waals surface area (Å²) in [5.41, 5.74) is -0.0576. The molecule has 0 fully saturated rings. The van der Waals surface area contributed by atoms with E-state index in [1.54, 1.807) is 0 Å². The van der Waals surface area contributed by atoms with Gasteiger partial charge in [-0.05, 0) is 30.3 Å². The van der Waals surface area contributed by atoms with Gasteiger partial charge in [-0.2, -0.15) is 0 Å². The molecule has 0 bridgehead atoms. The summed E-state index contributed by atoms with van der Waals surface area (Å²) in [6, 6.07) is 7.85. The van der Waals surface area contributed by atoms with Gasteiger partial charge in [0.25, 0.3) is 11.6 Å². The van der Waals surface area contributed by atoms with Crippen LogP contribution < -0.4 is 15.4 Å². The molecule has 0 aromatic heterocycles. The number of rotatable bonds is 7. The third kappa shape index (κ3) is 6.37. The monoisotopic (exact) mass is 413 g/mol. The third-order valence-corrected chi connectivity index (χ3v) is 3.41. The van der Waals surface area contributed by atoms with E-state index in [0.29, 0.717) is 0 Å². The number of nitro groups is 1. The summed E-state index contributed by atoms with van der Waals surface area (Å²) >= 11 is 0. The minimum absolute atomic E-state index is 0.136. The van der Waals surface area contributed by atoms with Crippen molar-refractivity contribution in [1.82, 2.24) is 0 Å². The number of hydrogen-bond acceptors (Lipinski definition) is 7. The zero-order chi connectivity index (χ0) is 21.6. The second-order valence-corrected chi connectivity index (χ2v) is 5.43. The number of anilines is 2. The Kier molecular flexibility index (Phi) is 6.59. The molecule has 0 saturated carbocycles.